The second-order valence-electron chi connectivity index (χ2n) is 7.44. The maximum Gasteiger partial charge on any atom is 0.416 e. The van der Waals surface area contributed by atoms with Crippen LogP contribution in [0.1, 0.15) is 64.1 Å². The molecule has 2 amide bonds. The predicted octanol–water partition coefficient (Wildman–Crippen LogP) is 4.67. The van der Waals surface area contributed by atoms with Crippen LogP contribution in [0.5, 0.6) is 0 Å². The minimum atomic E-state index is -4.44. The van der Waals surface area contributed by atoms with Crippen LogP contribution in [0.25, 0.3) is 0 Å². The third-order valence-corrected chi connectivity index (χ3v) is 5.91. The van der Waals surface area contributed by atoms with Crippen molar-refractivity contribution >= 4 is 11.8 Å². The second kappa shape index (κ2) is 6.72. The smallest absolute Gasteiger partial charge is 0.271 e. The van der Waals surface area contributed by atoms with Crippen molar-refractivity contribution in [3.8, 4) is 0 Å². The first-order valence-electron chi connectivity index (χ1n) is 9.29. The van der Waals surface area contributed by atoms with Crippen molar-refractivity contribution < 1.29 is 22.8 Å². The summed E-state index contributed by atoms with van der Waals surface area (Å²) in [5, 5.41) is 0. The molecule has 4 rings (SSSR count). The van der Waals surface area contributed by atoms with E-state index in [4.69, 9.17) is 0 Å². The van der Waals surface area contributed by atoms with Gasteiger partial charge in [-0.1, -0.05) is 25.5 Å². The fraction of sp³-hybridized carbons (Fsp3) is 0.381. The van der Waals surface area contributed by atoms with E-state index in [-0.39, 0.29) is 29.7 Å². The van der Waals surface area contributed by atoms with E-state index in [1.165, 1.54) is 11.1 Å². The SMILES string of the molecule is CC(c1cc(C(F)(F)F)ccn1)C1CCCC1N1C(=O)c2ccccc2C1=O. The molecule has 0 bridgehead atoms. The van der Waals surface area contributed by atoms with Crippen LogP contribution in [0.2, 0.25) is 0 Å². The van der Waals surface area contributed by atoms with Crippen molar-refractivity contribution in [2.24, 2.45) is 5.92 Å². The number of aromatic nitrogens is 1. The Balaban J connectivity index is 1.63. The van der Waals surface area contributed by atoms with Gasteiger partial charge >= 0.3 is 6.18 Å². The average molecular weight is 388 g/mol. The number of hydrogen-bond donors (Lipinski definition) is 0. The second-order valence-corrected chi connectivity index (χ2v) is 7.44. The van der Waals surface area contributed by atoms with Gasteiger partial charge in [-0.05, 0) is 43.0 Å². The van der Waals surface area contributed by atoms with Crippen molar-refractivity contribution in [2.45, 2.75) is 44.3 Å². The zero-order valence-electron chi connectivity index (χ0n) is 15.2. The van der Waals surface area contributed by atoms with Crippen LogP contribution in [0.3, 0.4) is 0 Å². The number of pyridine rings is 1. The first-order valence-corrected chi connectivity index (χ1v) is 9.29. The molecule has 1 aliphatic carbocycles. The molecule has 1 aromatic carbocycles. The Morgan fingerprint density at radius 2 is 1.71 bits per heavy atom. The number of amides is 2. The number of benzene rings is 1. The van der Waals surface area contributed by atoms with E-state index in [1.54, 1.807) is 24.3 Å². The van der Waals surface area contributed by atoms with Crippen molar-refractivity contribution in [2.75, 3.05) is 0 Å². The van der Waals surface area contributed by atoms with E-state index < -0.39 is 11.7 Å². The van der Waals surface area contributed by atoms with E-state index in [0.717, 1.165) is 25.0 Å². The topological polar surface area (TPSA) is 50.3 Å². The van der Waals surface area contributed by atoms with Gasteiger partial charge in [-0.15, -0.1) is 0 Å². The summed E-state index contributed by atoms with van der Waals surface area (Å²) in [7, 11) is 0. The minimum Gasteiger partial charge on any atom is -0.271 e. The Hall–Kier alpha value is -2.70. The predicted molar refractivity (Wildman–Crippen MR) is 95.7 cm³/mol. The normalized spacial score (nSPS) is 23.2. The van der Waals surface area contributed by atoms with Gasteiger partial charge in [-0.2, -0.15) is 13.2 Å². The highest BCUT2D eigenvalue weighted by Gasteiger charge is 2.46. The molecular formula is C21H19F3N2O2. The minimum absolute atomic E-state index is 0.127. The quantitative estimate of drug-likeness (QED) is 0.718. The Bertz CT molecular complexity index is 906. The number of carbonyl (C=O) groups excluding carboxylic acids is 2. The number of imide groups is 1. The van der Waals surface area contributed by atoms with Crippen molar-refractivity contribution in [3.63, 3.8) is 0 Å². The maximum absolute atomic E-state index is 13.1. The molecule has 0 radical (unpaired) electrons. The molecule has 0 spiro atoms. The molecule has 1 saturated carbocycles. The summed E-state index contributed by atoms with van der Waals surface area (Å²) in [4.78, 5) is 31.1. The number of halogens is 3. The molecule has 2 aliphatic rings. The molecule has 0 N–H and O–H groups in total. The van der Waals surface area contributed by atoms with Crippen LogP contribution in [0.4, 0.5) is 13.2 Å². The molecule has 1 aromatic heterocycles. The molecule has 4 nitrogen and oxygen atoms in total. The van der Waals surface area contributed by atoms with Crippen LogP contribution in [-0.2, 0) is 6.18 Å². The molecule has 0 saturated heterocycles. The molecule has 28 heavy (non-hydrogen) atoms. The van der Waals surface area contributed by atoms with E-state index in [2.05, 4.69) is 4.98 Å². The van der Waals surface area contributed by atoms with Gasteiger partial charge in [0, 0.05) is 23.9 Å². The fourth-order valence-corrected chi connectivity index (χ4v) is 4.48. The fourth-order valence-electron chi connectivity index (χ4n) is 4.48. The van der Waals surface area contributed by atoms with Crippen LogP contribution in [0, 0.1) is 5.92 Å². The number of rotatable bonds is 3. The van der Waals surface area contributed by atoms with E-state index in [0.29, 0.717) is 23.2 Å². The largest absolute Gasteiger partial charge is 0.416 e. The lowest BCUT2D eigenvalue weighted by Crippen LogP contribution is -2.43. The number of fused-ring (bicyclic) bond motifs is 1. The van der Waals surface area contributed by atoms with Crippen molar-refractivity contribution in [3.05, 3.63) is 65.0 Å². The first-order chi connectivity index (χ1) is 13.3. The maximum atomic E-state index is 13.1. The summed E-state index contributed by atoms with van der Waals surface area (Å²) in [6.07, 6.45) is -1.07. The zero-order valence-corrected chi connectivity index (χ0v) is 15.2. The number of alkyl halides is 3. The molecule has 2 aromatic rings. The first kappa shape index (κ1) is 18.7. The monoisotopic (exact) mass is 388 g/mol. The molecular weight excluding hydrogens is 369 g/mol. The Morgan fingerprint density at radius 1 is 1.07 bits per heavy atom. The molecule has 7 heteroatoms. The van der Waals surface area contributed by atoms with Gasteiger partial charge < -0.3 is 0 Å². The number of nitrogens with zero attached hydrogens (tertiary/aromatic N) is 2. The Morgan fingerprint density at radius 3 is 2.32 bits per heavy atom. The molecule has 1 fully saturated rings. The lowest BCUT2D eigenvalue weighted by Gasteiger charge is -2.31. The summed E-state index contributed by atoms with van der Waals surface area (Å²) in [5.41, 5.74) is 0.383. The van der Waals surface area contributed by atoms with Crippen LogP contribution in [0.15, 0.2) is 42.6 Å². The highest BCUT2D eigenvalue weighted by Crippen LogP contribution is 2.42. The summed E-state index contributed by atoms with van der Waals surface area (Å²) in [6, 6.07) is 8.39. The van der Waals surface area contributed by atoms with Crippen molar-refractivity contribution in [1.29, 1.82) is 0 Å². The van der Waals surface area contributed by atoms with Gasteiger partial charge in [-0.25, -0.2) is 0 Å². The lowest BCUT2D eigenvalue weighted by molar-refractivity contribution is -0.137. The van der Waals surface area contributed by atoms with Crippen LogP contribution >= 0.6 is 0 Å². The highest BCUT2D eigenvalue weighted by atomic mass is 19.4. The van der Waals surface area contributed by atoms with E-state index in [1.807, 2.05) is 6.92 Å². The number of hydrogen-bond acceptors (Lipinski definition) is 3. The van der Waals surface area contributed by atoms with Gasteiger partial charge in [0.05, 0.1) is 16.7 Å². The molecule has 2 heterocycles. The molecule has 1 aliphatic heterocycles. The van der Waals surface area contributed by atoms with Crippen LogP contribution in [-0.4, -0.2) is 27.7 Å². The Labute approximate surface area is 160 Å². The standard InChI is InChI=1S/C21H19F3N2O2/c1-12(17-11-13(9-10-25-17)21(22,23)24)14-7-4-8-18(14)26-19(27)15-5-2-3-6-16(15)20(26)28/h2-3,5-6,9-12,14,18H,4,7-8H2,1H3. The molecule has 3 atom stereocenters. The van der Waals surface area contributed by atoms with Crippen molar-refractivity contribution in [1.82, 2.24) is 9.88 Å². The van der Waals surface area contributed by atoms with E-state index >= 15 is 0 Å². The van der Waals surface area contributed by atoms with Gasteiger partial charge in [0.2, 0.25) is 0 Å². The van der Waals surface area contributed by atoms with Gasteiger partial charge in [0.1, 0.15) is 0 Å². The highest BCUT2D eigenvalue weighted by molar-refractivity contribution is 6.21. The van der Waals surface area contributed by atoms with Gasteiger partial charge in [0.25, 0.3) is 11.8 Å². The van der Waals surface area contributed by atoms with E-state index in [9.17, 15) is 22.8 Å². The summed E-state index contributed by atoms with van der Waals surface area (Å²) < 4.78 is 39.2. The summed E-state index contributed by atoms with van der Waals surface area (Å²) in [5.74, 6) is -1.07. The van der Waals surface area contributed by atoms with Gasteiger partial charge in [0.15, 0.2) is 0 Å². The third kappa shape index (κ3) is 2.99. The zero-order chi connectivity index (χ0) is 20.1. The van der Waals surface area contributed by atoms with Crippen LogP contribution < -0.4 is 0 Å². The van der Waals surface area contributed by atoms with Gasteiger partial charge in [-0.3, -0.25) is 19.5 Å². The summed E-state index contributed by atoms with van der Waals surface area (Å²) in [6.45, 7) is 1.82. The third-order valence-electron chi connectivity index (χ3n) is 5.91. The summed E-state index contributed by atoms with van der Waals surface area (Å²) >= 11 is 0. The number of carbonyl (C=O) groups is 2. The molecule has 146 valence electrons. The lowest BCUT2D eigenvalue weighted by atomic mass is 9.85. The average Bonchev–Trinajstić information content (AvgIpc) is 3.24. The molecule has 3 unspecified atom stereocenters. The Kier molecular flexibility index (Phi) is 4.48.